The Morgan fingerprint density at radius 1 is 1.00 bits per heavy atom. The second-order valence-corrected chi connectivity index (χ2v) is 7.82. The summed E-state index contributed by atoms with van der Waals surface area (Å²) >= 11 is 5.99. The molecule has 0 aliphatic carbocycles. The molecule has 1 aliphatic heterocycles. The molecule has 3 aromatic rings. The van der Waals surface area contributed by atoms with Gasteiger partial charge in [0.2, 0.25) is 5.91 Å². The van der Waals surface area contributed by atoms with Crippen molar-refractivity contribution in [2.75, 3.05) is 11.4 Å². The van der Waals surface area contributed by atoms with Crippen molar-refractivity contribution in [3.05, 3.63) is 88.4 Å². The van der Waals surface area contributed by atoms with Gasteiger partial charge in [-0.1, -0.05) is 48.9 Å². The van der Waals surface area contributed by atoms with Gasteiger partial charge in [0.05, 0.1) is 0 Å². The SMILES string of the molecule is CCC(=O)N1CCc2cc(-c3ccc(C(=O)NCc4cccc(Cl)c4)cc3)ccc21. The van der Waals surface area contributed by atoms with Crippen LogP contribution < -0.4 is 10.2 Å². The van der Waals surface area contributed by atoms with Crippen molar-refractivity contribution in [3.8, 4) is 11.1 Å². The fraction of sp³-hybridized carbons (Fsp3) is 0.200. The topological polar surface area (TPSA) is 49.4 Å². The van der Waals surface area contributed by atoms with Crippen molar-refractivity contribution in [1.82, 2.24) is 5.32 Å². The van der Waals surface area contributed by atoms with Gasteiger partial charge in [-0.3, -0.25) is 9.59 Å². The van der Waals surface area contributed by atoms with E-state index in [1.165, 1.54) is 5.56 Å². The van der Waals surface area contributed by atoms with Crippen LogP contribution in [0.15, 0.2) is 66.7 Å². The van der Waals surface area contributed by atoms with Gasteiger partial charge in [0.1, 0.15) is 0 Å². The first-order valence-electron chi connectivity index (χ1n) is 10.1. The zero-order valence-electron chi connectivity index (χ0n) is 16.8. The summed E-state index contributed by atoms with van der Waals surface area (Å²) in [6.45, 7) is 3.07. The molecule has 0 spiro atoms. The molecule has 30 heavy (non-hydrogen) atoms. The van der Waals surface area contributed by atoms with Crippen molar-refractivity contribution >= 4 is 29.1 Å². The minimum atomic E-state index is -0.121. The first kappa shape index (κ1) is 20.2. The lowest BCUT2D eigenvalue weighted by atomic mass is 10.0. The Morgan fingerprint density at radius 3 is 2.50 bits per heavy atom. The van der Waals surface area contributed by atoms with E-state index in [4.69, 9.17) is 11.6 Å². The standard InChI is InChI=1S/C25H23ClN2O2/c1-2-24(29)28-13-12-21-15-20(10-11-23(21)28)18-6-8-19(9-7-18)25(30)27-16-17-4-3-5-22(26)14-17/h3-11,14-15H,2,12-13,16H2,1H3,(H,27,30). The first-order chi connectivity index (χ1) is 14.5. The van der Waals surface area contributed by atoms with Crippen LogP contribution in [-0.4, -0.2) is 18.4 Å². The first-order valence-corrected chi connectivity index (χ1v) is 10.5. The lowest BCUT2D eigenvalue weighted by Crippen LogP contribution is -2.27. The number of hydrogen-bond acceptors (Lipinski definition) is 2. The smallest absolute Gasteiger partial charge is 0.251 e. The maximum atomic E-state index is 12.5. The Labute approximate surface area is 181 Å². The number of benzene rings is 3. The largest absolute Gasteiger partial charge is 0.348 e. The number of carbonyl (C=O) groups excluding carboxylic acids is 2. The molecule has 1 heterocycles. The van der Waals surface area contributed by atoms with E-state index in [0.717, 1.165) is 35.3 Å². The van der Waals surface area contributed by atoms with E-state index in [0.29, 0.717) is 23.6 Å². The molecule has 0 aromatic heterocycles. The highest BCUT2D eigenvalue weighted by Gasteiger charge is 2.23. The van der Waals surface area contributed by atoms with Gasteiger partial charge in [-0.2, -0.15) is 0 Å². The van der Waals surface area contributed by atoms with E-state index in [-0.39, 0.29) is 11.8 Å². The molecule has 0 saturated carbocycles. The maximum absolute atomic E-state index is 12.5. The quantitative estimate of drug-likeness (QED) is 0.616. The molecular weight excluding hydrogens is 396 g/mol. The van der Waals surface area contributed by atoms with Gasteiger partial charge in [-0.25, -0.2) is 0 Å². The van der Waals surface area contributed by atoms with Gasteiger partial charge >= 0.3 is 0 Å². The molecule has 4 nitrogen and oxygen atoms in total. The minimum absolute atomic E-state index is 0.121. The number of carbonyl (C=O) groups is 2. The van der Waals surface area contributed by atoms with Crippen LogP contribution in [0.1, 0.15) is 34.8 Å². The number of hydrogen-bond donors (Lipinski definition) is 1. The molecule has 3 aromatic carbocycles. The van der Waals surface area contributed by atoms with Crippen LogP contribution in [0.2, 0.25) is 5.02 Å². The number of fused-ring (bicyclic) bond motifs is 1. The summed E-state index contributed by atoms with van der Waals surface area (Å²) in [6.07, 6.45) is 1.39. The van der Waals surface area contributed by atoms with Crippen LogP contribution >= 0.6 is 11.6 Å². The summed E-state index contributed by atoms with van der Waals surface area (Å²) in [5.41, 5.74) is 5.91. The highest BCUT2D eigenvalue weighted by molar-refractivity contribution is 6.30. The van der Waals surface area contributed by atoms with E-state index in [2.05, 4.69) is 11.4 Å². The molecule has 0 unspecified atom stereocenters. The summed E-state index contributed by atoms with van der Waals surface area (Å²) in [6, 6.07) is 21.2. The number of amides is 2. The average molecular weight is 419 g/mol. The van der Waals surface area contributed by atoms with Gasteiger partial charge in [0, 0.05) is 35.8 Å². The summed E-state index contributed by atoms with van der Waals surface area (Å²) in [5, 5.41) is 3.58. The van der Waals surface area contributed by atoms with Crippen LogP contribution in [0.3, 0.4) is 0 Å². The molecule has 0 radical (unpaired) electrons. The Bertz CT molecular complexity index is 1090. The van der Waals surface area contributed by atoms with Crippen LogP contribution in [0.5, 0.6) is 0 Å². The van der Waals surface area contributed by atoms with E-state index >= 15 is 0 Å². The molecule has 152 valence electrons. The molecule has 5 heteroatoms. The van der Waals surface area contributed by atoms with Gasteiger partial charge in [0.25, 0.3) is 5.91 Å². The molecule has 0 atom stereocenters. The fourth-order valence-corrected chi connectivity index (χ4v) is 3.99. The Morgan fingerprint density at radius 2 is 1.77 bits per heavy atom. The molecule has 4 rings (SSSR count). The summed E-state index contributed by atoms with van der Waals surface area (Å²) in [5.74, 6) is 0.0406. The number of nitrogens with zero attached hydrogens (tertiary/aromatic N) is 1. The van der Waals surface area contributed by atoms with Crippen LogP contribution in [0.4, 0.5) is 5.69 Å². The highest BCUT2D eigenvalue weighted by Crippen LogP contribution is 2.32. The lowest BCUT2D eigenvalue weighted by molar-refractivity contribution is -0.118. The average Bonchev–Trinajstić information content (AvgIpc) is 3.20. The van der Waals surface area contributed by atoms with Gasteiger partial charge in [0.15, 0.2) is 0 Å². The minimum Gasteiger partial charge on any atom is -0.348 e. The van der Waals surface area contributed by atoms with Crippen molar-refractivity contribution < 1.29 is 9.59 Å². The third-order valence-electron chi connectivity index (χ3n) is 5.40. The Kier molecular flexibility index (Phi) is 5.86. The van der Waals surface area contributed by atoms with Crippen LogP contribution in [-0.2, 0) is 17.8 Å². The van der Waals surface area contributed by atoms with Crippen molar-refractivity contribution in [1.29, 1.82) is 0 Å². The van der Waals surface area contributed by atoms with Gasteiger partial charge in [-0.15, -0.1) is 0 Å². The van der Waals surface area contributed by atoms with Crippen molar-refractivity contribution in [2.24, 2.45) is 0 Å². The third-order valence-corrected chi connectivity index (χ3v) is 5.64. The molecular formula is C25H23ClN2O2. The normalized spacial score (nSPS) is 12.5. The monoisotopic (exact) mass is 418 g/mol. The van der Waals surface area contributed by atoms with Crippen LogP contribution in [0, 0.1) is 0 Å². The van der Waals surface area contributed by atoms with Gasteiger partial charge < -0.3 is 10.2 Å². The van der Waals surface area contributed by atoms with E-state index in [9.17, 15) is 9.59 Å². The fourth-order valence-electron chi connectivity index (χ4n) is 3.78. The summed E-state index contributed by atoms with van der Waals surface area (Å²) in [4.78, 5) is 26.4. The number of anilines is 1. The van der Waals surface area contributed by atoms with E-state index in [1.54, 1.807) is 0 Å². The van der Waals surface area contributed by atoms with Crippen molar-refractivity contribution in [2.45, 2.75) is 26.3 Å². The second-order valence-electron chi connectivity index (χ2n) is 7.38. The maximum Gasteiger partial charge on any atom is 0.251 e. The zero-order chi connectivity index (χ0) is 21.1. The highest BCUT2D eigenvalue weighted by atomic mass is 35.5. The Hall–Kier alpha value is -3.11. The number of rotatable bonds is 5. The molecule has 1 aliphatic rings. The third kappa shape index (κ3) is 4.24. The van der Waals surface area contributed by atoms with Crippen LogP contribution in [0.25, 0.3) is 11.1 Å². The van der Waals surface area contributed by atoms with Gasteiger partial charge in [-0.05, 0) is 65.1 Å². The molecule has 1 N–H and O–H groups in total. The summed E-state index contributed by atoms with van der Waals surface area (Å²) in [7, 11) is 0. The molecule has 2 amide bonds. The predicted octanol–water partition coefficient (Wildman–Crippen LogP) is 5.24. The van der Waals surface area contributed by atoms with E-state index < -0.39 is 0 Å². The molecule has 0 bridgehead atoms. The lowest BCUT2D eigenvalue weighted by Gasteiger charge is -2.16. The van der Waals surface area contributed by atoms with E-state index in [1.807, 2.05) is 72.5 Å². The number of nitrogens with one attached hydrogen (secondary N) is 1. The zero-order valence-corrected chi connectivity index (χ0v) is 17.6. The Balaban J connectivity index is 1.45. The molecule has 0 fully saturated rings. The summed E-state index contributed by atoms with van der Waals surface area (Å²) < 4.78 is 0. The second kappa shape index (κ2) is 8.72. The predicted molar refractivity (Wildman–Crippen MR) is 121 cm³/mol. The molecule has 0 saturated heterocycles. The van der Waals surface area contributed by atoms with Crippen molar-refractivity contribution in [3.63, 3.8) is 0 Å². The number of halogens is 1.